The first kappa shape index (κ1) is 9.72. The van der Waals surface area contributed by atoms with Crippen LogP contribution >= 0.6 is 0 Å². The summed E-state index contributed by atoms with van der Waals surface area (Å²) in [6, 6.07) is 7.52. The van der Waals surface area contributed by atoms with Crippen LogP contribution in [0.4, 0.5) is 5.69 Å². The molecule has 1 aromatic rings. The molecule has 1 aliphatic rings. The predicted molar refractivity (Wildman–Crippen MR) is 57.6 cm³/mol. The van der Waals surface area contributed by atoms with Gasteiger partial charge in [-0.1, -0.05) is 6.92 Å². The number of nitriles is 1. The molecule has 1 aromatic carbocycles. The quantitative estimate of drug-likeness (QED) is 0.696. The lowest BCUT2D eigenvalue weighted by atomic mass is 9.97. The van der Waals surface area contributed by atoms with Crippen LogP contribution in [-0.2, 0) is 4.79 Å². The molecular weight excluding hydrogens is 188 g/mol. The fraction of sp³-hybridized carbons (Fsp3) is 0.333. The summed E-state index contributed by atoms with van der Waals surface area (Å²) in [5.41, 5.74) is 2.55. The number of rotatable bonds is 1. The lowest BCUT2D eigenvalue weighted by Crippen LogP contribution is -2.23. The van der Waals surface area contributed by atoms with E-state index in [0.717, 1.165) is 17.7 Å². The number of carbonyl (C=O) groups excluding carboxylic acids is 1. The number of nitrogens with zero attached hydrogens (tertiary/aromatic N) is 2. The van der Waals surface area contributed by atoms with E-state index in [-0.39, 0.29) is 11.8 Å². The number of anilines is 1. The number of benzene rings is 1. The summed E-state index contributed by atoms with van der Waals surface area (Å²) >= 11 is 0. The molecule has 1 unspecified atom stereocenters. The fourth-order valence-electron chi connectivity index (χ4n) is 2.09. The normalized spacial score (nSPS) is 18.9. The van der Waals surface area contributed by atoms with Crippen LogP contribution in [0.25, 0.3) is 0 Å². The predicted octanol–water partition coefficient (Wildman–Crippen LogP) is 2.03. The molecule has 0 N–H and O–H groups in total. The van der Waals surface area contributed by atoms with Crippen molar-refractivity contribution in [2.24, 2.45) is 0 Å². The van der Waals surface area contributed by atoms with Crippen LogP contribution in [0.15, 0.2) is 18.2 Å². The standard InChI is InChI=1S/C12H12N2O/c1-3-9-10-6-8(7-13)4-5-11(10)14(2)12(9)15/h4-6,9H,3H2,1-2H3. The van der Waals surface area contributed by atoms with Gasteiger partial charge in [-0.25, -0.2) is 0 Å². The Labute approximate surface area is 88.9 Å². The Morgan fingerprint density at radius 2 is 2.27 bits per heavy atom. The Bertz CT molecular complexity index is 459. The van der Waals surface area contributed by atoms with E-state index in [0.29, 0.717) is 5.56 Å². The number of amides is 1. The highest BCUT2D eigenvalue weighted by Gasteiger charge is 2.33. The smallest absolute Gasteiger partial charge is 0.234 e. The maximum Gasteiger partial charge on any atom is 0.234 e. The summed E-state index contributed by atoms with van der Waals surface area (Å²) < 4.78 is 0. The van der Waals surface area contributed by atoms with E-state index >= 15 is 0 Å². The Kier molecular flexibility index (Phi) is 2.20. The van der Waals surface area contributed by atoms with Crippen molar-refractivity contribution < 1.29 is 4.79 Å². The van der Waals surface area contributed by atoms with Gasteiger partial charge in [-0.2, -0.15) is 5.26 Å². The summed E-state index contributed by atoms with van der Waals surface area (Å²) in [6.45, 7) is 1.99. The number of carbonyl (C=O) groups is 1. The number of fused-ring (bicyclic) bond motifs is 1. The van der Waals surface area contributed by atoms with Crippen molar-refractivity contribution in [3.63, 3.8) is 0 Å². The Morgan fingerprint density at radius 3 is 2.87 bits per heavy atom. The number of hydrogen-bond acceptors (Lipinski definition) is 2. The molecule has 2 rings (SSSR count). The van der Waals surface area contributed by atoms with Crippen LogP contribution in [-0.4, -0.2) is 13.0 Å². The maximum atomic E-state index is 11.8. The summed E-state index contributed by atoms with van der Waals surface area (Å²) in [5, 5.41) is 8.81. The Morgan fingerprint density at radius 1 is 1.53 bits per heavy atom. The van der Waals surface area contributed by atoms with Crippen LogP contribution in [0.1, 0.15) is 30.4 Å². The number of hydrogen-bond donors (Lipinski definition) is 0. The molecule has 1 amide bonds. The van der Waals surface area contributed by atoms with Gasteiger partial charge >= 0.3 is 0 Å². The van der Waals surface area contributed by atoms with Crippen molar-refractivity contribution in [2.75, 3.05) is 11.9 Å². The molecule has 3 heteroatoms. The highest BCUT2D eigenvalue weighted by molar-refractivity contribution is 6.04. The third kappa shape index (κ3) is 1.30. The average molecular weight is 200 g/mol. The van der Waals surface area contributed by atoms with Gasteiger partial charge in [-0.3, -0.25) is 4.79 Å². The zero-order valence-corrected chi connectivity index (χ0v) is 8.82. The molecule has 0 fully saturated rings. The van der Waals surface area contributed by atoms with Crippen molar-refractivity contribution in [1.82, 2.24) is 0 Å². The zero-order valence-electron chi connectivity index (χ0n) is 8.82. The van der Waals surface area contributed by atoms with E-state index in [4.69, 9.17) is 5.26 Å². The fourth-order valence-corrected chi connectivity index (χ4v) is 2.09. The summed E-state index contributed by atoms with van der Waals surface area (Å²) in [5.74, 6) is 0.0564. The first-order chi connectivity index (χ1) is 7.19. The average Bonchev–Trinajstić information content (AvgIpc) is 2.51. The molecule has 3 nitrogen and oxygen atoms in total. The third-order valence-electron chi connectivity index (χ3n) is 2.93. The maximum absolute atomic E-state index is 11.8. The van der Waals surface area contributed by atoms with E-state index in [1.807, 2.05) is 19.1 Å². The second-order valence-electron chi connectivity index (χ2n) is 3.74. The van der Waals surface area contributed by atoms with Crippen molar-refractivity contribution in [3.8, 4) is 6.07 Å². The first-order valence-corrected chi connectivity index (χ1v) is 5.00. The summed E-state index contributed by atoms with van der Waals surface area (Å²) in [6.07, 6.45) is 0.783. The second-order valence-corrected chi connectivity index (χ2v) is 3.74. The molecule has 1 heterocycles. The molecule has 0 aliphatic carbocycles. The second kappa shape index (κ2) is 3.39. The van der Waals surface area contributed by atoms with Crippen LogP contribution in [0.2, 0.25) is 0 Å². The monoisotopic (exact) mass is 200 g/mol. The summed E-state index contributed by atoms with van der Waals surface area (Å²) in [4.78, 5) is 13.5. The molecule has 0 spiro atoms. The summed E-state index contributed by atoms with van der Waals surface area (Å²) in [7, 11) is 1.78. The Hall–Kier alpha value is -1.82. The van der Waals surface area contributed by atoms with E-state index in [1.54, 1.807) is 18.0 Å². The van der Waals surface area contributed by atoms with Gasteiger partial charge in [0.05, 0.1) is 17.6 Å². The van der Waals surface area contributed by atoms with Crippen molar-refractivity contribution in [1.29, 1.82) is 5.26 Å². The molecule has 0 bridgehead atoms. The van der Waals surface area contributed by atoms with Crippen molar-refractivity contribution in [3.05, 3.63) is 29.3 Å². The third-order valence-corrected chi connectivity index (χ3v) is 2.93. The zero-order chi connectivity index (χ0) is 11.0. The highest BCUT2D eigenvalue weighted by atomic mass is 16.2. The molecule has 1 aliphatic heterocycles. The van der Waals surface area contributed by atoms with Gasteiger partial charge in [-0.05, 0) is 30.2 Å². The van der Waals surface area contributed by atoms with E-state index < -0.39 is 0 Å². The van der Waals surface area contributed by atoms with Crippen LogP contribution in [0.5, 0.6) is 0 Å². The minimum absolute atomic E-state index is 0.0710. The van der Waals surface area contributed by atoms with Gasteiger partial charge in [0.15, 0.2) is 0 Å². The lowest BCUT2D eigenvalue weighted by molar-refractivity contribution is -0.119. The molecule has 1 atom stereocenters. The first-order valence-electron chi connectivity index (χ1n) is 5.00. The minimum atomic E-state index is -0.0710. The van der Waals surface area contributed by atoms with Crippen LogP contribution in [0.3, 0.4) is 0 Å². The molecule has 0 saturated heterocycles. The lowest BCUT2D eigenvalue weighted by Gasteiger charge is -2.09. The van der Waals surface area contributed by atoms with Gasteiger partial charge in [-0.15, -0.1) is 0 Å². The molecule has 0 radical (unpaired) electrons. The van der Waals surface area contributed by atoms with Crippen molar-refractivity contribution in [2.45, 2.75) is 19.3 Å². The highest BCUT2D eigenvalue weighted by Crippen LogP contribution is 2.38. The van der Waals surface area contributed by atoms with Gasteiger partial charge in [0, 0.05) is 12.7 Å². The SMILES string of the molecule is CCC1C(=O)N(C)c2ccc(C#N)cc21. The molecular formula is C12H12N2O. The minimum Gasteiger partial charge on any atom is -0.315 e. The molecule has 0 saturated carbocycles. The molecule has 15 heavy (non-hydrogen) atoms. The molecule has 76 valence electrons. The van der Waals surface area contributed by atoms with Crippen LogP contribution < -0.4 is 4.90 Å². The van der Waals surface area contributed by atoms with E-state index in [1.165, 1.54) is 0 Å². The topological polar surface area (TPSA) is 44.1 Å². The largest absolute Gasteiger partial charge is 0.315 e. The van der Waals surface area contributed by atoms with E-state index in [2.05, 4.69) is 6.07 Å². The van der Waals surface area contributed by atoms with Gasteiger partial charge in [0.1, 0.15) is 0 Å². The van der Waals surface area contributed by atoms with Gasteiger partial charge < -0.3 is 4.90 Å². The molecule has 0 aromatic heterocycles. The van der Waals surface area contributed by atoms with Crippen molar-refractivity contribution >= 4 is 11.6 Å². The van der Waals surface area contributed by atoms with E-state index in [9.17, 15) is 4.79 Å². The van der Waals surface area contributed by atoms with Gasteiger partial charge in [0.2, 0.25) is 5.91 Å². The van der Waals surface area contributed by atoms with Crippen LogP contribution in [0, 0.1) is 11.3 Å². The Balaban J connectivity index is 2.57. The van der Waals surface area contributed by atoms with Gasteiger partial charge in [0.25, 0.3) is 0 Å². The number of likely N-dealkylation sites (N-methyl/N-ethyl adjacent to an activating group) is 1.